The molecule has 0 spiro atoms. The number of amides is 1. The highest BCUT2D eigenvalue weighted by Crippen LogP contribution is 2.40. The summed E-state index contributed by atoms with van der Waals surface area (Å²) in [5, 5.41) is 12.0. The molecule has 0 radical (unpaired) electrons. The molecule has 1 unspecified atom stereocenters. The molecular weight excluding hydrogens is 330 g/mol. The fourth-order valence-corrected chi connectivity index (χ4v) is 3.73. The van der Waals surface area contributed by atoms with Gasteiger partial charge in [0.2, 0.25) is 0 Å². The average molecular weight is 361 g/mol. The van der Waals surface area contributed by atoms with E-state index in [2.05, 4.69) is 26.1 Å². The van der Waals surface area contributed by atoms with E-state index in [-0.39, 0.29) is 6.61 Å². The highest BCUT2D eigenvalue weighted by atomic mass is 16.5. The zero-order valence-corrected chi connectivity index (χ0v) is 16.0. The first-order valence-corrected chi connectivity index (χ1v) is 9.45. The van der Waals surface area contributed by atoms with Gasteiger partial charge in [0.15, 0.2) is 0 Å². The number of hydrogen-bond donors (Lipinski definition) is 2. The zero-order chi connectivity index (χ0) is 19.2. The number of carbonyl (C=O) groups is 2. The van der Waals surface area contributed by atoms with Crippen LogP contribution < -0.4 is 5.32 Å². The molecule has 1 fully saturated rings. The van der Waals surface area contributed by atoms with Crippen molar-refractivity contribution in [3.05, 3.63) is 35.9 Å². The van der Waals surface area contributed by atoms with E-state index >= 15 is 0 Å². The Kier molecular flexibility index (Phi) is 7.06. The van der Waals surface area contributed by atoms with Crippen molar-refractivity contribution in [1.29, 1.82) is 0 Å². The van der Waals surface area contributed by atoms with E-state index in [9.17, 15) is 14.7 Å². The smallest absolute Gasteiger partial charge is 0.408 e. The van der Waals surface area contributed by atoms with E-state index < -0.39 is 18.1 Å². The first kappa shape index (κ1) is 20.3. The fraction of sp³-hybridized carbons (Fsp3) is 0.619. The molecule has 0 bridgehead atoms. The van der Waals surface area contributed by atoms with Crippen molar-refractivity contribution >= 4 is 12.1 Å². The number of benzene rings is 1. The summed E-state index contributed by atoms with van der Waals surface area (Å²) in [6.07, 6.45) is 4.08. The van der Waals surface area contributed by atoms with Crippen molar-refractivity contribution in [3.63, 3.8) is 0 Å². The van der Waals surface area contributed by atoms with Crippen LogP contribution in [-0.4, -0.2) is 23.2 Å². The number of alkyl carbamates (subject to hydrolysis) is 1. The van der Waals surface area contributed by atoms with Crippen LogP contribution in [0, 0.1) is 17.3 Å². The van der Waals surface area contributed by atoms with Crippen LogP contribution in [0.15, 0.2) is 30.3 Å². The van der Waals surface area contributed by atoms with E-state index in [1.807, 2.05) is 30.3 Å². The molecule has 1 saturated carbocycles. The van der Waals surface area contributed by atoms with Crippen LogP contribution in [0.5, 0.6) is 0 Å². The Morgan fingerprint density at radius 1 is 1.15 bits per heavy atom. The predicted octanol–water partition coefficient (Wildman–Crippen LogP) is 4.61. The maximum Gasteiger partial charge on any atom is 0.408 e. The van der Waals surface area contributed by atoms with E-state index in [1.165, 1.54) is 0 Å². The Balaban J connectivity index is 1.80. The van der Waals surface area contributed by atoms with Gasteiger partial charge in [-0.05, 0) is 42.1 Å². The lowest BCUT2D eigenvalue weighted by atomic mass is 9.69. The van der Waals surface area contributed by atoms with Crippen molar-refractivity contribution in [2.45, 2.75) is 65.5 Å². The van der Waals surface area contributed by atoms with Crippen molar-refractivity contribution in [3.8, 4) is 0 Å². The fourth-order valence-electron chi connectivity index (χ4n) is 3.73. The predicted molar refractivity (Wildman–Crippen MR) is 101 cm³/mol. The molecule has 144 valence electrons. The van der Waals surface area contributed by atoms with Gasteiger partial charge < -0.3 is 15.2 Å². The maximum atomic E-state index is 12.0. The van der Waals surface area contributed by atoms with Crippen LogP contribution in [-0.2, 0) is 16.1 Å². The van der Waals surface area contributed by atoms with Crippen LogP contribution in [0.4, 0.5) is 4.79 Å². The highest BCUT2D eigenvalue weighted by molar-refractivity contribution is 5.79. The number of carboxylic acid groups (broad SMARTS) is 1. The van der Waals surface area contributed by atoms with Gasteiger partial charge in [-0.3, -0.25) is 0 Å². The highest BCUT2D eigenvalue weighted by Gasteiger charge is 2.32. The van der Waals surface area contributed by atoms with Gasteiger partial charge in [0.05, 0.1) is 0 Å². The molecule has 0 aliphatic heterocycles. The summed E-state index contributed by atoms with van der Waals surface area (Å²) in [6.45, 7) is 6.93. The summed E-state index contributed by atoms with van der Waals surface area (Å²) in [7, 11) is 0. The van der Waals surface area contributed by atoms with Gasteiger partial charge in [-0.1, -0.05) is 63.9 Å². The molecule has 0 aromatic heterocycles. The first-order chi connectivity index (χ1) is 12.3. The summed E-state index contributed by atoms with van der Waals surface area (Å²) >= 11 is 0. The Morgan fingerprint density at radius 3 is 2.31 bits per heavy atom. The molecule has 1 aromatic carbocycles. The van der Waals surface area contributed by atoms with Gasteiger partial charge >= 0.3 is 12.1 Å². The standard InChI is InChI=1S/C21H31NO4/c1-21(2,3)17-11-9-15(10-12-17)13-18(19(23)24)22-20(25)26-14-16-7-5-4-6-8-16/h4-8,15,17-18H,9-14H2,1-3H3,(H,22,25)(H,23,24). The van der Waals surface area contributed by atoms with Gasteiger partial charge in [0.1, 0.15) is 12.6 Å². The molecule has 2 N–H and O–H groups in total. The first-order valence-electron chi connectivity index (χ1n) is 9.45. The molecule has 2 rings (SSSR count). The summed E-state index contributed by atoms with van der Waals surface area (Å²) < 4.78 is 5.15. The average Bonchev–Trinajstić information content (AvgIpc) is 2.60. The van der Waals surface area contributed by atoms with Crippen molar-refractivity contribution in [2.24, 2.45) is 17.3 Å². The molecule has 1 aromatic rings. The monoisotopic (exact) mass is 361 g/mol. The number of nitrogens with one attached hydrogen (secondary N) is 1. The van der Waals surface area contributed by atoms with Crippen molar-refractivity contribution in [2.75, 3.05) is 0 Å². The third-order valence-corrected chi connectivity index (χ3v) is 5.44. The third-order valence-electron chi connectivity index (χ3n) is 5.44. The van der Waals surface area contributed by atoms with Crippen LogP contribution in [0.1, 0.15) is 58.4 Å². The molecule has 0 saturated heterocycles. The van der Waals surface area contributed by atoms with Crippen LogP contribution in [0.3, 0.4) is 0 Å². The molecule has 0 heterocycles. The van der Waals surface area contributed by atoms with Gasteiger partial charge in [-0.15, -0.1) is 0 Å². The van der Waals surface area contributed by atoms with Gasteiger partial charge in [0.25, 0.3) is 0 Å². The number of carbonyl (C=O) groups excluding carboxylic acids is 1. The summed E-state index contributed by atoms with van der Waals surface area (Å²) in [5.74, 6) is 0.0227. The molecule has 5 nitrogen and oxygen atoms in total. The summed E-state index contributed by atoms with van der Waals surface area (Å²) in [5.41, 5.74) is 1.17. The number of ether oxygens (including phenoxy) is 1. The topological polar surface area (TPSA) is 75.6 Å². The molecule has 1 amide bonds. The van der Waals surface area contributed by atoms with Crippen molar-refractivity contribution in [1.82, 2.24) is 5.32 Å². The lowest BCUT2D eigenvalue weighted by Crippen LogP contribution is -2.42. The molecule has 1 aliphatic carbocycles. The van der Waals surface area contributed by atoms with Gasteiger partial charge in [-0.25, -0.2) is 9.59 Å². The molecule has 1 aliphatic rings. The Morgan fingerprint density at radius 2 is 1.77 bits per heavy atom. The normalized spacial score (nSPS) is 21.7. The van der Waals surface area contributed by atoms with E-state index in [1.54, 1.807) is 0 Å². The van der Waals surface area contributed by atoms with Gasteiger partial charge in [-0.2, -0.15) is 0 Å². The van der Waals surface area contributed by atoms with E-state index in [0.29, 0.717) is 23.7 Å². The minimum atomic E-state index is -1.00. The molecule has 5 heteroatoms. The zero-order valence-electron chi connectivity index (χ0n) is 16.0. The lowest BCUT2D eigenvalue weighted by Gasteiger charge is -2.37. The quantitative estimate of drug-likeness (QED) is 0.776. The van der Waals surface area contributed by atoms with Gasteiger partial charge in [0, 0.05) is 0 Å². The second kappa shape index (κ2) is 9.06. The Bertz CT molecular complexity index is 586. The summed E-state index contributed by atoms with van der Waals surface area (Å²) in [4.78, 5) is 23.5. The second-order valence-electron chi connectivity index (χ2n) is 8.42. The number of aliphatic carboxylic acids is 1. The van der Waals surface area contributed by atoms with Crippen molar-refractivity contribution < 1.29 is 19.4 Å². The summed E-state index contributed by atoms with van der Waals surface area (Å²) in [6, 6.07) is 8.44. The largest absolute Gasteiger partial charge is 0.480 e. The second-order valence-corrected chi connectivity index (χ2v) is 8.42. The Hall–Kier alpha value is -2.04. The molecule has 1 atom stereocenters. The number of hydrogen-bond acceptors (Lipinski definition) is 3. The number of rotatable bonds is 6. The van der Waals surface area contributed by atoms with Crippen LogP contribution in [0.2, 0.25) is 0 Å². The van der Waals surface area contributed by atoms with Crippen LogP contribution in [0.25, 0.3) is 0 Å². The lowest BCUT2D eigenvalue weighted by molar-refractivity contribution is -0.140. The molecular formula is C21H31NO4. The van der Waals surface area contributed by atoms with E-state index in [0.717, 1.165) is 31.2 Å². The maximum absolute atomic E-state index is 12.0. The number of carboxylic acids is 1. The SMILES string of the molecule is CC(C)(C)C1CCC(CC(NC(=O)OCc2ccccc2)C(=O)O)CC1. The minimum Gasteiger partial charge on any atom is -0.480 e. The van der Waals surface area contributed by atoms with E-state index in [4.69, 9.17) is 4.74 Å². The minimum absolute atomic E-state index is 0.135. The van der Waals surface area contributed by atoms with Crippen LogP contribution >= 0.6 is 0 Å². The molecule has 26 heavy (non-hydrogen) atoms. The Labute approximate surface area is 156 Å². The third kappa shape index (κ3) is 6.36.